The van der Waals surface area contributed by atoms with Crippen molar-refractivity contribution >= 4 is 28.6 Å². The van der Waals surface area contributed by atoms with Crippen LogP contribution in [0.3, 0.4) is 0 Å². The Hall–Kier alpha value is -3.26. The van der Waals surface area contributed by atoms with Gasteiger partial charge in [0.1, 0.15) is 5.75 Å². The largest absolute Gasteiger partial charge is 0.484 e. The summed E-state index contributed by atoms with van der Waals surface area (Å²) in [5, 5.41) is 16.3. The van der Waals surface area contributed by atoms with Crippen LogP contribution in [0, 0.1) is 17.0 Å². The number of amides is 1. The van der Waals surface area contributed by atoms with Gasteiger partial charge in [-0.25, -0.2) is 4.98 Å². The predicted octanol–water partition coefficient (Wildman–Crippen LogP) is 4.04. The number of nitrogens with one attached hydrogen (secondary N) is 1. The quantitative estimate of drug-likeness (QED) is 0.523. The number of ether oxygens (including phenoxy) is 1. The van der Waals surface area contributed by atoms with Gasteiger partial charge in [-0.1, -0.05) is 12.1 Å². The number of nitrogens with zero attached hydrogens (tertiary/aromatic N) is 2. The van der Waals surface area contributed by atoms with Crippen molar-refractivity contribution in [1.82, 2.24) is 4.98 Å². The smallest absolute Gasteiger partial charge is 0.269 e. The van der Waals surface area contributed by atoms with Crippen molar-refractivity contribution in [1.29, 1.82) is 0 Å². The summed E-state index contributed by atoms with van der Waals surface area (Å²) in [4.78, 5) is 26.5. The molecule has 3 aromatic rings. The van der Waals surface area contributed by atoms with Crippen LogP contribution in [-0.2, 0) is 4.79 Å². The molecule has 0 atom stereocenters. The van der Waals surface area contributed by atoms with Gasteiger partial charge in [-0.15, -0.1) is 11.3 Å². The Kier molecular flexibility index (Phi) is 5.23. The second-order valence-electron chi connectivity index (χ2n) is 5.42. The fourth-order valence-electron chi connectivity index (χ4n) is 2.23. The first-order valence-corrected chi connectivity index (χ1v) is 8.59. The van der Waals surface area contributed by atoms with Crippen LogP contribution in [0.15, 0.2) is 53.9 Å². The summed E-state index contributed by atoms with van der Waals surface area (Å²) < 4.78 is 5.33. The average molecular weight is 369 g/mol. The second-order valence-corrected chi connectivity index (χ2v) is 6.48. The third kappa shape index (κ3) is 4.42. The van der Waals surface area contributed by atoms with Crippen LogP contribution < -0.4 is 10.1 Å². The second kappa shape index (κ2) is 7.75. The summed E-state index contributed by atoms with van der Waals surface area (Å²) in [7, 11) is 0. The Morgan fingerprint density at radius 1 is 1.19 bits per heavy atom. The van der Waals surface area contributed by atoms with E-state index in [1.807, 2.05) is 24.4 Å². The van der Waals surface area contributed by atoms with E-state index in [1.165, 1.54) is 24.3 Å². The Morgan fingerprint density at radius 2 is 1.88 bits per heavy atom. The third-order valence-electron chi connectivity index (χ3n) is 3.50. The predicted molar refractivity (Wildman–Crippen MR) is 99.5 cm³/mol. The highest BCUT2D eigenvalue weighted by Crippen LogP contribution is 2.23. The van der Waals surface area contributed by atoms with Crippen molar-refractivity contribution in [3.05, 3.63) is 69.0 Å². The first-order valence-electron chi connectivity index (χ1n) is 7.71. The van der Waals surface area contributed by atoms with Gasteiger partial charge in [-0.05, 0) is 31.2 Å². The Morgan fingerprint density at radius 3 is 2.46 bits per heavy atom. The number of hydrogen-bond acceptors (Lipinski definition) is 6. The normalized spacial score (nSPS) is 10.3. The molecule has 7 nitrogen and oxygen atoms in total. The molecule has 2 aromatic carbocycles. The lowest BCUT2D eigenvalue weighted by molar-refractivity contribution is -0.384. The van der Waals surface area contributed by atoms with Crippen molar-refractivity contribution in [3.63, 3.8) is 0 Å². The van der Waals surface area contributed by atoms with Gasteiger partial charge in [0.15, 0.2) is 6.61 Å². The minimum absolute atomic E-state index is 0.0304. The van der Waals surface area contributed by atoms with E-state index in [0.717, 1.165) is 16.3 Å². The van der Waals surface area contributed by atoms with Gasteiger partial charge in [-0.2, -0.15) is 0 Å². The summed E-state index contributed by atoms with van der Waals surface area (Å²) in [6.45, 7) is 1.76. The number of non-ortho nitro benzene ring substituents is 1. The lowest BCUT2D eigenvalue weighted by Gasteiger charge is -2.08. The van der Waals surface area contributed by atoms with Crippen molar-refractivity contribution in [2.75, 3.05) is 11.9 Å². The summed E-state index contributed by atoms with van der Waals surface area (Å²) in [5.41, 5.74) is 2.51. The number of aromatic nitrogens is 1. The first kappa shape index (κ1) is 17.6. The highest BCUT2D eigenvalue weighted by molar-refractivity contribution is 7.09. The number of thiazole rings is 1. The third-order valence-corrected chi connectivity index (χ3v) is 4.27. The lowest BCUT2D eigenvalue weighted by atomic mass is 10.1. The highest BCUT2D eigenvalue weighted by Gasteiger charge is 2.08. The van der Waals surface area contributed by atoms with Crippen molar-refractivity contribution in [2.24, 2.45) is 0 Å². The molecule has 1 N–H and O–H groups in total. The topological polar surface area (TPSA) is 94.4 Å². The number of nitro groups is 1. The van der Waals surface area contributed by atoms with Gasteiger partial charge >= 0.3 is 0 Å². The maximum absolute atomic E-state index is 12.0. The number of anilines is 1. The molecule has 0 spiro atoms. The van der Waals surface area contributed by atoms with Crippen LogP contribution in [0.25, 0.3) is 11.3 Å². The van der Waals surface area contributed by atoms with Crippen molar-refractivity contribution < 1.29 is 14.5 Å². The molecular weight excluding hydrogens is 354 g/mol. The van der Waals surface area contributed by atoms with Gasteiger partial charge < -0.3 is 10.1 Å². The molecule has 26 heavy (non-hydrogen) atoms. The summed E-state index contributed by atoms with van der Waals surface area (Å²) in [5.74, 6) is 0.0700. The van der Waals surface area contributed by atoms with Crippen LogP contribution in [0.4, 0.5) is 11.4 Å². The van der Waals surface area contributed by atoms with Gasteiger partial charge in [0.25, 0.3) is 11.6 Å². The minimum atomic E-state index is -0.493. The molecule has 1 aromatic heterocycles. The molecule has 0 bridgehead atoms. The number of hydrogen-bond donors (Lipinski definition) is 1. The molecule has 0 saturated heterocycles. The van der Waals surface area contributed by atoms with Gasteiger partial charge in [-0.3, -0.25) is 14.9 Å². The maximum Gasteiger partial charge on any atom is 0.269 e. The molecule has 0 aliphatic heterocycles. The van der Waals surface area contributed by atoms with E-state index in [2.05, 4.69) is 10.3 Å². The van der Waals surface area contributed by atoms with E-state index in [1.54, 1.807) is 23.5 Å². The number of nitro benzene ring substituents is 1. The highest BCUT2D eigenvalue weighted by atomic mass is 32.1. The molecule has 1 amide bonds. The molecular formula is C18H15N3O4S. The lowest BCUT2D eigenvalue weighted by Crippen LogP contribution is -2.20. The van der Waals surface area contributed by atoms with E-state index in [4.69, 9.17) is 4.74 Å². The van der Waals surface area contributed by atoms with Gasteiger partial charge in [0.05, 0.1) is 15.6 Å². The minimum Gasteiger partial charge on any atom is -0.484 e. The first-order chi connectivity index (χ1) is 12.5. The van der Waals surface area contributed by atoms with E-state index in [0.29, 0.717) is 11.4 Å². The number of carbonyl (C=O) groups excluding carboxylic acids is 1. The van der Waals surface area contributed by atoms with Crippen LogP contribution in [0.2, 0.25) is 0 Å². The monoisotopic (exact) mass is 369 g/mol. The molecule has 0 saturated carbocycles. The molecule has 0 unspecified atom stereocenters. The van der Waals surface area contributed by atoms with E-state index in [9.17, 15) is 14.9 Å². The molecule has 132 valence electrons. The van der Waals surface area contributed by atoms with E-state index >= 15 is 0 Å². The van der Waals surface area contributed by atoms with Gasteiger partial charge in [0, 0.05) is 28.8 Å². The van der Waals surface area contributed by atoms with Crippen LogP contribution in [0.5, 0.6) is 5.75 Å². The fourth-order valence-corrected chi connectivity index (χ4v) is 2.85. The number of carbonyl (C=O) groups is 1. The Balaban J connectivity index is 1.53. The zero-order valence-corrected chi connectivity index (χ0v) is 14.7. The van der Waals surface area contributed by atoms with Gasteiger partial charge in [0.2, 0.25) is 0 Å². The van der Waals surface area contributed by atoms with Crippen molar-refractivity contribution in [3.8, 4) is 17.0 Å². The Bertz CT molecular complexity index is 920. The molecule has 0 aliphatic rings. The summed E-state index contributed by atoms with van der Waals surface area (Å²) in [6, 6.07) is 12.9. The number of benzene rings is 2. The van der Waals surface area contributed by atoms with Crippen molar-refractivity contribution in [2.45, 2.75) is 6.92 Å². The summed E-state index contributed by atoms with van der Waals surface area (Å²) >= 11 is 1.59. The molecule has 1 heterocycles. The Labute approximate surface area is 153 Å². The zero-order chi connectivity index (χ0) is 18.5. The average Bonchev–Trinajstić information content (AvgIpc) is 3.07. The maximum atomic E-state index is 12.0. The van der Waals surface area contributed by atoms with E-state index in [-0.39, 0.29) is 18.2 Å². The van der Waals surface area contributed by atoms with Crippen LogP contribution >= 0.6 is 11.3 Å². The standard InChI is InChI=1S/C18H15N3O4S/c1-12-19-17(11-26-12)13-2-4-14(5-3-13)20-18(22)10-25-16-8-6-15(7-9-16)21(23)24/h2-9,11H,10H2,1H3,(H,20,22). The molecule has 0 aliphatic carbocycles. The van der Waals surface area contributed by atoms with Crippen LogP contribution in [-0.4, -0.2) is 22.4 Å². The summed E-state index contributed by atoms with van der Waals surface area (Å²) in [6.07, 6.45) is 0. The number of rotatable bonds is 6. The molecule has 0 fully saturated rings. The molecule has 0 radical (unpaired) electrons. The molecule has 8 heteroatoms. The van der Waals surface area contributed by atoms with Crippen LogP contribution in [0.1, 0.15) is 5.01 Å². The zero-order valence-electron chi connectivity index (χ0n) is 13.8. The SMILES string of the molecule is Cc1nc(-c2ccc(NC(=O)COc3ccc([N+](=O)[O-])cc3)cc2)cs1. The van der Waals surface area contributed by atoms with E-state index < -0.39 is 4.92 Å². The fraction of sp³-hybridized carbons (Fsp3) is 0.111. The number of aryl methyl sites for hydroxylation is 1. The molecule has 3 rings (SSSR count).